The Hall–Kier alpha value is -4.40. The summed E-state index contributed by atoms with van der Waals surface area (Å²) in [5, 5.41) is 20.0. The van der Waals surface area contributed by atoms with Gasteiger partial charge in [0.15, 0.2) is 0 Å². The molecular formula is C25H22N4O5. The first-order valence-corrected chi connectivity index (χ1v) is 10.7. The van der Waals surface area contributed by atoms with E-state index < -0.39 is 18.2 Å². The van der Waals surface area contributed by atoms with Crippen LogP contribution in [0.3, 0.4) is 0 Å². The van der Waals surface area contributed by atoms with Gasteiger partial charge < -0.3 is 19.5 Å². The second-order valence-electron chi connectivity index (χ2n) is 8.21. The summed E-state index contributed by atoms with van der Waals surface area (Å²) in [6.07, 6.45) is -1.41. The van der Waals surface area contributed by atoms with Gasteiger partial charge in [-0.1, -0.05) is 18.2 Å². The number of aryl methyl sites for hydroxylation is 1. The number of fused-ring (bicyclic) bond motifs is 1. The van der Waals surface area contributed by atoms with Gasteiger partial charge in [-0.05, 0) is 55.0 Å². The molecule has 1 aliphatic rings. The monoisotopic (exact) mass is 458 g/mol. The van der Waals surface area contributed by atoms with Crippen molar-refractivity contribution in [1.82, 2.24) is 15.0 Å². The Bertz CT molecular complexity index is 1350. The van der Waals surface area contributed by atoms with Crippen molar-refractivity contribution in [3.8, 4) is 11.4 Å². The van der Waals surface area contributed by atoms with Crippen molar-refractivity contribution < 1.29 is 24.2 Å². The quantitative estimate of drug-likeness (QED) is 0.357. The number of esters is 2. The average molecular weight is 458 g/mol. The van der Waals surface area contributed by atoms with Crippen molar-refractivity contribution in [1.29, 1.82) is 0 Å². The van der Waals surface area contributed by atoms with Crippen LogP contribution in [0.1, 0.15) is 29.4 Å². The molecular weight excluding hydrogens is 436 g/mol. The number of benzene rings is 3. The Morgan fingerprint density at radius 2 is 1.62 bits per heavy atom. The lowest BCUT2D eigenvalue weighted by Gasteiger charge is -2.24. The summed E-state index contributed by atoms with van der Waals surface area (Å²) in [6, 6.07) is 18.5. The molecule has 1 aromatic heterocycles. The van der Waals surface area contributed by atoms with E-state index in [9.17, 15) is 14.7 Å². The minimum absolute atomic E-state index is 0.107. The van der Waals surface area contributed by atoms with Gasteiger partial charge in [-0.3, -0.25) is 9.59 Å². The molecule has 0 saturated carbocycles. The van der Waals surface area contributed by atoms with Gasteiger partial charge in [0.2, 0.25) is 0 Å². The molecule has 1 fully saturated rings. The Balaban J connectivity index is 1.38. The topological polar surface area (TPSA) is 107 Å². The Morgan fingerprint density at radius 1 is 1.00 bits per heavy atom. The van der Waals surface area contributed by atoms with E-state index in [0.29, 0.717) is 17.8 Å². The van der Waals surface area contributed by atoms with E-state index in [0.717, 1.165) is 27.8 Å². The fourth-order valence-corrected chi connectivity index (χ4v) is 3.91. The largest absolute Gasteiger partial charge is 0.505 e. The minimum atomic E-state index is -1.03. The molecule has 0 aliphatic carbocycles. The number of phenols is 1. The molecule has 1 N–H and O–H groups in total. The third kappa shape index (κ3) is 4.15. The van der Waals surface area contributed by atoms with Crippen LogP contribution in [0.5, 0.6) is 5.75 Å². The molecule has 0 atom stereocenters. The van der Waals surface area contributed by atoms with Gasteiger partial charge in [-0.15, -0.1) is 15.0 Å². The maximum Gasteiger partial charge on any atom is 0.320 e. The van der Waals surface area contributed by atoms with Crippen molar-refractivity contribution >= 4 is 28.7 Å². The highest BCUT2D eigenvalue weighted by Gasteiger charge is 2.29. The minimum Gasteiger partial charge on any atom is -0.505 e. The molecule has 9 heteroatoms. The first-order chi connectivity index (χ1) is 16.4. The standard InChI is InChI=1S/C25H22N4O5/c1-15-11-17(24(32)21(12-15)29-26-19-5-3-4-6-20(19)27-29)14-28(2)18-9-7-16(8-10-18)25-33-22(30)13-23(31)34-25/h3-12,25,32H,13-14H2,1-2H3. The van der Waals surface area contributed by atoms with Crippen LogP contribution in [-0.2, 0) is 25.6 Å². The molecule has 0 radical (unpaired) electrons. The van der Waals surface area contributed by atoms with Crippen LogP contribution in [0.25, 0.3) is 16.7 Å². The lowest BCUT2D eigenvalue weighted by atomic mass is 10.1. The summed E-state index contributed by atoms with van der Waals surface area (Å²) in [4.78, 5) is 26.4. The summed E-state index contributed by atoms with van der Waals surface area (Å²) in [7, 11) is 1.90. The number of aromatic hydroxyl groups is 1. The maximum absolute atomic E-state index is 11.5. The van der Waals surface area contributed by atoms with E-state index in [4.69, 9.17) is 9.47 Å². The van der Waals surface area contributed by atoms with Crippen LogP contribution in [0.15, 0.2) is 60.7 Å². The number of carbonyl (C=O) groups is 2. The molecule has 0 amide bonds. The van der Waals surface area contributed by atoms with Gasteiger partial charge >= 0.3 is 11.9 Å². The van der Waals surface area contributed by atoms with Crippen LogP contribution in [-0.4, -0.2) is 39.1 Å². The highest BCUT2D eigenvalue weighted by molar-refractivity contribution is 5.92. The predicted molar refractivity (Wildman–Crippen MR) is 123 cm³/mol. The summed E-state index contributed by atoms with van der Waals surface area (Å²) in [6.45, 7) is 2.38. The first-order valence-electron chi connectivity index (χ1n) is 10.7. The lowest BCUT2D eigenvalue weighted by Crippen LogP contribution is -2.26. The first kappa shape index (κ1) is 21.4. The summed E-state index contributed by atoms with van der Waals surface area (Å²) >= 11 is 0. The van der Waals surface area contributed by atoms with Gasteiger partial charge in [-0.2, -0.15) is 0 Å². The Labute approximate surface area is 195 Å². The molecule has 0 bridgehead atoms. The number of phenolic OH excluding ortho intramolecular Hbond substituents is 1. The van der Waals surface area contributed by atoms with Gasteiger partial charge in [-0.25, -0.2) is 0 Å². The highest BCUT2D eigenvalue weighted by Crippen LogP contribution is 2.31. The number of rotatable bonds is 5. The summed E-state index contributed by atoms with van der Waals surface area (Å²) in [5.74, 6) is -1.10. The molecule has 34 heavy (non-hydrogen) atoms. The zero-order valence-electron chi connectivity index (χ0n) is 18.6. The van der Waals surface area contributed by atoms with Crippen molar-refractivity contribution in [2.75, 3.05) is 11.9 Å². The third-order valence-corrected chi connectivity index (χ3v) is 5.59. The van der Waals surface area contributed by atoms with Gasteiger partial charge in [0, 0.05) is 30.4 Å². The van der Waals surface area contributed by atoms with Crippen molar-refractivity contribution in [3.05, 3.63) is 77.4 Å². The molecule has 4 aromatic rings. The summed E-state index contributed by atoms with van der Waals surface area (Å²) < 4.78 is 10.2. The number of hydrogen-bond donors (Lipinski definition) is 1. The third-order valence-electron chi connectivity index (χ3n) is 5.59. The second-order valence-corrected chi connectivity index (χ2v) is 8.21. The molecule has 2 heterocycles. The van der Waals surface area contributed by atoms with Crippen LogP contribution >= 0.6 is 0 Å². The van der Waals surface area contributed by atoms with Crippen LogP contribution in [0.2, 0.25) is 0 Å². The molecule has 3 aromatic carbocycles. The van der Waals surface area contributed by atoms with Gasteiger partial charge in [0.05, 0.1) is 0 Å². The van der Waals surface area contributed by atoms with Gasteiger partial charge in [0.25, 0.3) is 6.29 Å². The van der Waals surface area contributed by atoms with Gasteiger partial charge in [0.1, 0.15) is 28.9 Å². The zero-order valence-corrected chi connectivity index (χ0v) is 18.6. The zero-order chi connectivity index (χ0) is 23.8. The molecule has 172 valence electrons. The SMILES string of the molecule is Cc1cc(CN(C)c2ccc(C3OC(=O)CC(=O)O3)cc2)c(O)c(-n2nc3ccccc3n2)c1. The molecule has 0 unspecified atom stereocenters. The fraction of sp³-hybridized carbons (Fsp3) is 0.200. The molecule has 1 aliphatic heterocycles. The maximum atomic E-state index is 11.5. The Kier molecular flexibility index (Phi) is 5.37. The smallest absolute Gasteiger partial charge is 0.320 e. The number of nitrogens with zero attached hydrogens (tertiary/aromatic N) is 4. The summed E-state index contributed by atoms with van der Waals surface area (Å²) in [5.41, 5.74) is 5.12. The molecule has 5 rings (SSSR count). The molecule has 9 nitrogen and oxygen atoms in total. The normalized spacial score (nSPS) is 14.2. The molecule has 0 spiro atoms. The van der Waals surface area contributed by atoms with E-state index in [2.05, 4.69) is 10.2 Å². The van der Waals surface area contributed by atoms with Crippen molar-refractivity contribution in [2.24, 2.45) is 0 Å². The fourth-order valence-electron chi connectivity index (χ4n) is 3.91. The number of anilines is 1. The van der Waals surface area contributed by atoms with E-state index in [1.807, 2.05) is 67.4 Å². The molecule has 1 saturated heterocycles. The average Bonchev–Trinajstić information content (AvgIpc) is 3.25. The van der Waals surface area contributed by atoms with Crippen LogP contribution in [0, 0.1) is 6.92 Å². The van der Waals surface area contributed by atoms with E-state index >= 15 is 0 Å². The Morgan fingerprint density at radius 3 is 2.24 bits per heavy atom. The van der Waals surface area contributed by atoms with Crippen molar-refractivity contribution in [2.45, 2.75) is 26.2 Å². The van der Waals surface area contributed by atoms with E-state index in [-0.39, 0.29) is 12.2 Å². The second kappa shape index (κ2) is 8.51. The lowest BCUT2D eigenvalue weighted by molar-refractivity contribution is -0.204. The van der Waals surface area contributed by atoms with Crippen LogP contribution in [0.4, 0.5) is 5.69 Å². The number of aromatic nitrogens is 3. The number of ether oxygens (including phenoxy) is 2. The van der Waals surface area contributed by atoms with Crippen molar-refractivity contribution in [3.63, 3.8) is 0 Å². The van der Waals surface area contributed by atoms with Crippen LogP contribution < -0.4 is 4.90 Å². The number of carbonyl (C=O) groups excluding carboxylic acids is 2. The predicted octanol–water partition coefficient (Wildman–Crippen LogP) is 3.56. The van der Waals surface area contributed by atoms with E-state index in [1.54, 1.807) is 12.1 Å². The van der Waals surface area contributed by atoms with E-state index in [1.165, 1.54) is 4.80 Å². The number of cyclic esters (lactones) is 2. The number of hydrogen-bond acceptors (Lipinski definition) is 8. The highest BCUT2D eigenvalue weighted by atomic mass is 16.7.